The van der Waals surface area contributed by atoms with Crippen molar-refractivity contribution in [2.75, 3.05) is 13.1 Å². The van der Waals surface area contributed by atoms with Crippen molar-refractivity contribution in [1.82, 2.24) is 4.90 Å². The number of likely N-dealkylation sites (tertiary alicyclic amines) is 1. The normalized spacial score (nSPS) is 16.2. The zero-order valence-electron chi connectivity index (χ0n) is 19.0. The Bertz CT molecular complexity index is 1260. The van der Waals surface area contributed by atoms with Gasteiger partial charge in [0.1, 0.15) is 11.5 Å². The van der Waals surface area contributed by atoms with E-state index in [-0.39, 0.29) is 17.5 Å². The van der Waals surface area contributed by atoms with E-state index in [0.29, 0.717) is 24.2 Å². The molecule has 0 saturated carbocycles. The summed E-state index contributed by atoms with van der Waals surface area (Å²) in [6.45, 7) is 4.27. The topological polar surface area (TPSA) is 50.8 Å². The number of alkyl halides is 1. The average Bonchev–Trinajstić information content (AvgIpc) is 2.76. The maximum atomic E-state index is 15.4. The zero-order chi connectivity index (χ0) is 24.5. The molecule has 1 saturated heterocycles. The van der Waals surface area contributed by atoms with Gasteiger partial charge in [0.25, 0.3) is 0 Å². The van der Waals surface area contributed by atoms with Crippen LogP contribution in [-0.4, -0.2) is 23.7 Å². The molecule has 34 heavy (non-hydrogen) atoms. The van der Waals surface area contributed by atoms with Crippen LogP contribution in [-0.2, 0) is 0 Å². The van der Waals surface area contributed by atoms with Crippen molar-refractivity contribution in [3.63, 3.8) is 0 Å². The van der Waals surface area contributed by atoms with Gasteiger partial charge in [-0.05, 0) is 78.9 Å². The van der Waals surface area contributed by atoms with Gasteiger partial charge in [0.05, 0.1) is 29.3 Å². The largest absolute Gasteiger partial charge is 0.292 e. The Morgan fingerprint density at radius 3 is 2.18 bits per heavy atom. The fraction of sp³-hybridized carbons (Fsp3) is 0.286. The lowest BCUT2D eigenvalue weighted by atomic mass is 9.72. The fourth-order valence-corrected chi connectivity index (χ4v) is 5.50. The van der Waals surface area contributed by atoms with Gasteiger partial charge in [-0.25, -0.2) is 8.78 Å². The molecule has 2 atom stereocenters. The first-order chi connectivity index (χ1) is 16.2. The van der Waals surface area contributed by atoms with Crippen LogP contribution in [0.4, 0.5) is 8.78 Å². The summed E-state index contributed by atoms with van der Waals surface area (Å²) < 4.78 is 30.6. The minimum Gasteiger partial charge on any atom is -0.292 e. The van der Waals surface area contributed by atoms with E-state index in [4.69, 9.17) is 0 Å². The molecule has 3 aromatic rings. The molecule has 3 nitrogen and oxygen atoms in total. The Morgan fingerprint density at radius 2 is 1.59 bits per heavy atom. The van der Waals surface area contributed by atoms with E-state index in [9.17, 15) is 14.9 Å². The molecule has 1 aliphatic heterocycles. The zero-order valence-corrected chi connectivity index (χ0v) is 20.6. The van der Waals surface area contributed by atoms with Crippen molar-refractivity contribution in [3.8, 4) is 12.1 Å². The molecule has 0 amide bonds. The van der Waals surface area contributed by atoms with Crippen molar-refractivity contribution in [2.24, 2.45) is 5.92 Å². The summed E-state index contributed by atoms with van der Waals surface area (Å²) in [6.07, 6.45) is 0. The molecular formula is C28H24BrF2N3. The van der Waals surface area contributed by atoms with E-state index in [1.165, 1.54) is 26.0 Å². The van der Waals surface area contributed by atoms with E-state index in [1.54, 1.807) is 18.2 Å². The number of nitriles is 2. The monoisotopic (exact) mass is 519 g/mol. The third-order valence-electron chi connectivity index (χ3n) is 6.44. The standard InChI is InChI=1S/C28H24BrF2N3/c1-28(2,31)26(22-10-19(15-33)11-25(30)13-22)23-16-34(17-23)27(21-4-3-5-24(29)12-21)20-8-6-18(14-32)7-9-20/h3-13,23,26-27H,16-17H2,1-2H3/t26-,27+/m0/s1. The van der Waals surface area contributed by atoms with Crippen molar-refractivity contribution >= 4 is 15.9 Å². The first kappa shape index (κ1) is 24.1. The van der Waals surface area contributed by atoms with Crippen LogP contribution in [0, 0.1) is 34.4 Å². The van der Waals surface area contributed by atoms with Gasteiger partial charge in [0.2, 0.25) is 0 Å². The van der Waals surface area contributed by atoms with Crippen molar-refractivity contribution in [3.05, 3.63) is 105 Å². The summed E-state index contributed by atoms with van der Waals surface area (Å²) in [5, 5.41) is 18.4. The van der Waals surface area contributed by atoms with Crippen LogP contribution in [0.2, 0.25) is 0 Å². The second-order valence-electron chi connectivity index (χ2n) is 9.33. The highest BCUT2D eigenvalue weighted by Crippen LogP contribution is 2.45. The number of rotatable bonds is 6. The minimum atomic E-state index is -1.59. The van der Waals surface area contributed by atoms with Gasteiger partial charge in [0.15, 0.2) is 0 Å². The number of hydrogen-bond donors (Lipinski definition) is 0. The number of halogens is 3. The Kier molecular flexibility index (Phi) is 6.84. The molecule has 172 valence electrons. The molecule has 0 aromatic heterocycles. The van der Waals surface area contributed by atoms with E-state index >= 15 is 4.39 Å². The quantitative estimate of drug-likeness (QED) is 0.356. The average molecular weight is 520 g/mol. The maximum Gasteiger partial charge on any atom is 0.124 e. The predicted octanol–water partition coefficient (Wildman–Crippen LogP) is 6.88. The molecule has 0 aliphatic carbocycles. The highest BCUT2D eigenvalue weighted by Gasteiger charge is 2.45. The first-order valence-electron chi connectivity index (χ1n) is 11.1. The summed E-state index contributed by atoms with van der Waals surface area (Å²) in [6, 6.07) is 23.8. The third kappa shape index (κ3) is 5.04. The fourth-order valence-electron chi connectivity index (χ4n) is 5.09. The molecular weight excluding hydrogens is 496 g/mol. The smallest absolute Gasteiger partial charge is 0.124 e. The Labute approximate surface area is 207 Å². The van der Waals surface area contributed by atoms with E-state index in [0.717, 1.165) is 15.6 Å². The van der Waals surface area contributed by atoms with Gasteiger partial charge in [-0.3, -0.25) is 4.90 Å². The molecule has 0 spiro atoms. The molecule has 1 aliphatic rings. The minimum absolute atomic E-state index is 0.0404. The lowest BCUT2D eigenvalue weighted by Gasteiger charge is -2.50. The Hall–Kier alpha value is -3.06. The lowest BCUT2D eigenvalue weighted by molar-refractivity contribution is 0.00811. The lowest BCUT2D eigenvalue weighted by Crippen LogP contribution is -2.53. The van der Waals surface area contributed by atoms with Gasteiger partial charge < -0.3 is 0 Å². The van der Waals surface area contributed by atoms with E-state index in [1.807, 2.05) is 30.3 Å². The van der Waals surface area contributed by atoms with Crippen LogP contribution in [0.1, 0.15) is 53.6 Å². The number of benzene rings is 3. The van der Waals surface area contributed by atoms with Crippen LogP contribution in [0.15, 0.2) is 71.2 Å². The van der Waals surface area contributed by atoms with Crippen molar-refractivity contribution < 1.29 is 8.78 Å². The van der Waals surface area contributed by atoms with Crippen LogP contribution in [0.5, 0.6) is 0 Å². The van der Waals surface area contributed by atoms with Crippen LogP contribution in [0.25, 0.3) is 0 Å². The van der Waals surface area contributed by atoms with Crippen LogP contribution in [0.3, 0.4) is 0 Å². The van der Waals surface area contributed by atoms with Gasteiger partial charge in [-0.2, -0.15) is 10.5 Å². The molecule has 6 heteroatoms. The first-order valence-corrected chi connectivity index (χ1v) is 11.9. The summed E-state index contributed by atoms with van der Waals surface area (Å²) in [7, 11) is 0. The predicted molar refractivity (Wildman–Crippen MR) is 131 cm³/mol. The Balaban J connectivity index is 1.66. The van der Waals surface area contributed by atoms with Crippen LogP contribution < -0.4 is 0 Å². The second-order valence-corrected chi connectivity index (χ2v) is 10.2. The molecule has 4 rings (SSSR count). The number of nitrogens with zero attached hydrogens (tertiary/aromatic N) is 3. The van der Waals surface area contributed by atoms with Gasteiger partial charge in [0, 0.05) is 23.5 Å². The summed E-state index contributed by atoms with van der Waals surface area (Å²) in [4.78, 5) is 2.27. The molecule has 0 N–H and O–H groups in total. The highest BCUT2D eigenvalue weighted by atomic mass is 79.9. The molecule has 0 unspecified atom stereocenters. The third-order valence-corrected chi connectivity index (χ3v) is 6.94. The molecule has 0 radical (unpaired) electrons. The molecule has 1 fully saturated rings. The molecule has 1 heterocycles. The van der Waals surface area contributed by atoms with Gasteiger partial charge >= 0.3 is 0 Å². The van der Waals surface area contributed by atoms with Crippen molar-refractivity contribution in [1.29, 1.82) is 10.5 Å². The highest BCUT2D eigenvalue weighted by molar-refractivity contribution is 9.10. The van der Waals surface area contributed by atoms with Gasteiger partial charge in [-0.15, -0.1) is 0 Å². The summed E-state index contributed by atoms with van der Waals surface area (Å²) >= 11 is 3.55. The molecule has 0 bridgehead atoms. The maximum absolute atomic E-state index is 15.4. The van der Waals surface area contributed by atoms with E-state index < -0.39 is 17.4 Å². The van der Waals surface area contributed by atoms with Gasteiger partial charge in [-0.1, -0.05) is 40.2 Å². The summed E-state index contributed by atoms with van der Waals surface area (Å²) in [5.41, 5.74) is 1.86. The van der Waals surface area contributed by atoms with E-state index in [2.05, 4.69) is 39.0 Å². The number of hydrogen-bond acceptors (Lipinski definition) is 3. The SMILES string of the molecule is CC(C)(F)[C@@H](c1cc(F)cc(C#N)c1)C1CN([C@H](c2ccc(C#N)cc2)c2cccc(Br)c2)C1. The Morgan fingerprint density at radius 1 is 0.912 bits per heavy atom. The van der Waals surface area contributed by atoms with Crippen molar-refractivity contribution in [2.45, 2.75) is 31.5 Å². The molecule has 3 aromatic carbocycles. The van der Waals surface area contributed by atoms with Crippen LogP contribution >= 0.6 is 15.9 Å². The second kappa shape index (κ2) is 9.66. The summed E-state index contributed by atoms with van der Waals surface area (Å²) in [5.74, 6) is -1.11.